The molecule has 0 aliphatic rings. The molecular weight excluding hydrogens is 392 g/mol. The minimum Gasteiger partial charge on any atom is -0.361 e. The van der Waals surface area contributed by atoms with E-state index in [2.05, 4.69) is 16.4 Å². The molecule has 8 nitrogen and oxygen atoms in total. The van der Waals surface area contributed by atoms with E-state index < -0.39 is 0 Å². The van der Waals surface area contributed by atoms with Gasteiger partial charge >= 0.3 is 5.69 Å². The Kier molecular flexibility index (Phi) is 3.95. The highest BCUT2D eigenvalue weighted by molar-refractivity contribution is 5.83. The van der Waals surface area contributed by atoms with Gasteiger partial charge in [0.2, 0.25) is 0 Å². The van der Waals surface area contributed by atoms with E-state index in [0.29, 0.717) is 33.0 Å². The minimum atomic E-state index is -0.249. The van der Waals surface area contributed by atoms with Crippen LogP contribution in [0.15, 0.2) is 52.1 Å². The van der Waals surface area contributed by atoms with Crippen LogP contribution in [-0.4, -0.2) is 18.5 Å². The highest BCUT2D eigenvalue weighted by atomic mass is 16.1. The van der Waals surface area contributed by atoms with Gasteiger partial charge in [-0.05, 0) is 42.8 Å². The summed E-state index contributed by atoms with van der Waals surface area (Å²) in [6, 6.07) is 15.1. The first-order chi connectivity index (χ1) is 14.9. The first-order valence-electron chi connectivity index (χ1n) is 9.68. The van der Waals surface area contributed by atoms with Gasteiger partial charge in [-0.3, -0.25) is 18.3 Å². The molecule has 3 heterocycles. The van der Waals surface area contributed by atoms with Crippen LogP contribution in [0.3, 0.4) is 0 Å². The molecule has 5 aromatic rings. The van der Waals surface area contributed by atoms with Crippen molar-refractivity contribution in [3.8, 4) is 6.07 Å². The summed E-state index contributed by atoms with van der Waals surface area (Å²) in [4.78, 5) is 30.0. The lowest BCUT2D eigenvalue weighted by Gasteiger charge is -2.05. The maximum atomic E-state index is 13.3. The fourth-order valence-corrected chi connectivity index (χ4v) is 4.04. The molecule has 0 radical (unpaired) electrons. The number of pyridine rings is 1. The summed E-state index contributed by atoms with van der Waals surface area (Å²) in [6.45, 7) is 1.75. The van der Waals surface area contributed by atoms with Crippen LogP contribution >= 0.6 is 0 Å². The fourth-order valence-electron chi connectivity index (χ4n) is 4.04. The van der Waals surface area contributed by atoms with Crippen LogP contribution in [0.4, 0.5) is 5.69 Å². The van der Waals surface area contributed by atoms with Crippen molar-refractivity contribution in [2.75, 3.05) is 5.32 Å². The molecule has 0 aliphatic heterocycles. The lowest BCUT2D eigenvalue weighted by Crippen LogP contribution is -2.34. The second-order valence-electron chi connectivity index (χ2n) is 7.48. The number of nitrogens with zero attached hydrogens (tertiary/aromatic N) is 5. The largest absolute Gasteiger partial charge is 0.361 e. The molecule has 0 fully saturated rings. The molecule has 31 heavy (non-hydrogen) atoms. The average molecular weight is 410 g/mol. The van der Waals surface area contributed by atoms with Crippen LogP contribution in [0, 0.1) is 18.3 Å². The predicted octanol–water partition coefficient (Wildman–Crippen LogP) is 1.79. The molecule has 0 unspecified atom stereocenters. The normalized spacial score (nSPS) is 12.1. The molecule has 0 atom stereocenters. The Hall–Kier alpha value is -4.38. The van der Waals surface area contributed by atoms with E-state index in [1.54, 1.807) is 36.4 Å². The Balaban J connectivity index is 1.73. The van der Waals surface area contributed by atoms with Crippen molar-refractivity contribution in [2.24, 2.45) is 14.1 Å². The summed E-state index contributed by atoms with van der Waals surface area (Å²) >= 11 is 0. The summed E-state index contributed by atoms with van der Waals surface area (Å²) in [7, 11) is 3.44. The van der Waals surface area contributed by atoms with Gasteiger partial charge in [0.05, 0.1) is 32.8 Å². The van der Waals surface area contributed by atoms with Crippen LogP contribution in [0.1, 0.15) is 11.1 Å². The van der Waals surface area contributed by atoms with Gasteiger partial charge in [0.25, 0.3) is 5.56 Å². The van der Waals surface area contributed by atoms with Gasteiger partial charge in [0, 0.05) is 26.0 Å². The number of anilines is 1. The highest BCUT2D eigenvalue weighted by Crippen LogP contribution is 2.19. The lowest BCUT2D eigenvalue weighted by atomic mass is 10.1. The Morgan fingerprint density at radius 1 is 1.03 bits per heavy atom. The quantitative estimate of drug-likeness (QED) is 0.479. The fraction of sp³-hybridized carbons (Fsp3) is 0.130. The van der Waals surface area contributed by atoms with Crippen LogP contribution in [0.2, 0.25) is 0 Å². The number of imidazole rings is 2. The molecule has 0 aliphatic carbocycles. The standard InChI is InChI=1S/C23H18N6O2/c1-13-15(11-24)21-26-17-6-4-5-7-18(17)29(21)22(30)16(13)12-25-14-8-9-19-20(10-14)28(3)23(31)27(19)2/h4-10,12,25H,1-3H3. The van der Waals surface area contributed by atoms with Gasteiger partial charge in [-0.25, -0.2) is 9.78 Å². The van der Waals surface area contributed by atoms with Crippen LogP contribution in [-0.2, 0) is 14.1 Å². The van der Waals surface area contributed by atoms with Gasteiger partial charge in [0.1, 0.15) is 6.07 Å². The predicted molar refractivity (Wildman–Crippen MR) is 120 cm³/mol. The smallest absolute Gasteiger partial charge is 0.328 e. The molecule has 0 saturated heterocycles. The number of benzene rings is 2. The van der Waals surface area contributed by atoms with Gasteiger partial charge in [-0.2, -0.15) is 5.26 Å². The molecule has 0 spiro atoms. The monoisotopic (exact) mass is 410 g/mol. The third-order valence-corrected chi connectivity index (χ3v) is 5.76. The number of fused-ring (bicyclic) bond motifs is 4. The number of nitrogens with one attached hydrogen (secondary N) is 1. The number of aryl methyl sites for hydroxylation is 2. The maximum absolute atomic E-state index is 13.3. The van der Waals surface area contributed by atoms with Crippen molar-refractivity contribution >= 4 is 39.6 Å². The molecule has 5 rings (SSSR count). The van der Waals surface area contributed by atoms with Crippen LogP contribution in [0.5, 0.6) is 0 Å². The average Bonchev–Trinajstić information content (AvgIpc) is 3.25. The molecule has 0 bridgehead atoms. The van der Waals surface area contributed by atoms with E-state index in [4.69, 9.17) is 0 Å². The van der Waals surface area contributed by atoms with Crippen molar-refractivity contribution in [3.63, 3.8) is 0 Å². The van der Waals surface area contributed by atoms with Crippen LogP contribution < -0.4 is 21.8 Å². The molecule has 1 N–H and O–H groups in total. The van der Waals surface area contributed by atoms with E-state index in [-0.39, 0.29) is 11.2 Å². The Morgan fingerprint density at radius 2 is 1.77 bits per heavy atom. The Morgan fingerprint density at radius 3 is 2.55 bits per heavy atom. The van der Waals surface area contributed by atoms with Gasteiger partial charge in [0.15, 0.2) is 5.65 Å². The number of nitriles is 1. The summed E-state index contributed by atoms with van der Waals surface area (Å²) < 4.78 is 4.64. The number of aromatic nitrogens is 4. The van der Waals surface area contributed by atoms with Gasteiger partial charge in [-0.15, -0.1) is 0 Å². The molecule has 2 aromatic carbocycles. The summed E-state index contributed by atoms with van der Waals surface area (Å²) in [5.41, 5.74) is 4.58. The maximum Gasteiger partial charge on any atom is 0.328 e. The highest BCUT2D eigenvalue weighted by Gasteiger charge is 2.16. The zero-order valence-corrected chi connectivity index (χ0v) is 17.2. The molecule has 8 heteroatoms. The topological polar surface area (TPSA) is 97.1 Å². The van der Waals surface area contributed by atoms with E-state index in [1.165, 1.54) is 4.40 Å². The first kappa shape index (κ1) is 18.6. The third kappa shape index (κ3) is 2.57. The van der Waals surface area contributed by atoms with E-state index >= 15 is 0 Å². The van der Waals surface area contributed by atoms with Crippen molar-refractivity contribution in [2.45, 2.75) is 6.92 Å². The second kappa shape index (κ2) is 6.57. The van der Waals surface area contributed by atoms with Gasteiger partial charge in [-0.1, -0.05) is 12.1 Å². The number of para-hydroxylation sites is 2. The lowest BCUT2D eigenvalue weighted by molar-refractivity contribution is 0.795. The van der Waals surface area contributed by atoms with E-state index in [9.17, 15) is 14.9 Å². The van der Waals surface area contributed by atoms with Crippen LogP contribution in [0.25, 0.3) is 33.9 Å². The number of hydrogen-bond donors (Lipinski definition) is 1. The molecule has 0 amide bonds. The minimum absolute atomic E-state index is 0.107. The van der Waals surface area contributed by atoms with Crippen molar-refractivity contribution in [1.82, 2.24) is 18.5 Å². The van der Waals surface area contributed by atoms with Crippen molar-refractivity contribution < 1.29 is 0 Å². The van der Waals surface area contributed by atoms with Gasteiger partial charge < -0.3 is 5.32 Å². The molecule has 152 valence electrons. The third-order valence-electron chi connectivity index (χ3n) is 5.76. The Labute approximate surface area is 175 Å². The number of rotatable bonds is 2. The molecule has 0 saturated carbocycles. The molecule has 3 aromatic heterocycles. The molecular formula is C23H18N6O2. The summed E-state index contributed by atoms with van der Waals surface area (Å²) in [5.74, 6) is 0. The summed E-state index contributed by atoms with van der Waals surface area (Å²) in [5, 5.41) is 13.3. The zero-order chi connectivity index (χ0) is 21.9. The Bertz CT molecular complexity index is 1750. The zero-order valence-electron chi connectivity index (χ0n) is 17.2. The SMILES string of the molecule is Cc1c(C#N)c2nc3ccccc3n2c(=O)c1=CNc1ccc2c(c1)n(C)c(=O)n2C. The van der Waals surface area contributed by atoms with E-state index in [0.717, 1.165) is 16.7 Å². The second-order valence-corrected chi connectivity index (χ2v) is 7.48. The summed E-state index contributed by atoms with van der Waals surface area (Å²) in [6.07, 6.45) is 1.61. The van der Waals surface area contributed by atoms with E-state index in [1.807, 2.05) is 42.5 Å². The first-order valence-corrected chi connectivity index (χ1v) is 9.68. The number of hydrogen-bond acceptors (Lipinski definition) is 5. The van der Waals surface area contributed by atoms with Crippen molar-refractivity contribution in [3.05, 3.63) is 79.6 Å². The van der Waals surface area contributed by atoms with Crippen molar-refractivity contribution in [1.29, 1.82) is 5.26 Å².